The molecule has 0 aromatic rings. The highest BCUT2D eigenvalue weighted by Crippen LogP contribution is 2.31. The van der Waals surface area contributed by atoms with Gasteiger partial charge in [-0.15, -0.1) is 0 Å². The number of amides is 1. The van der Waals surface area contributed by atoms with E-state index in [9.17, 15) is 4.79 Å². The first-order chi connectivity index (χ1) is 8.13. The van der Waals surface area contributed by atoms with Crippen molar-refractivity contribution in [1.82, 2.24) is 5.32 Å². The first kappa shape index (κ1) is 14.7. The average Bonchev–Trinajstić information content (AvgIpc) is 2.34. The SMILES string of the molecule is C=C(Br)CNC(=O)C1CCC(CCCC)CC1. The second-order valence-corrected chi connectivity index (χ2v) is 6.22. The maximum absolute atomic E-state index is 11.9. The van der Waals surface area contributed by atoms with Crippen LogP contribution in [0.4, 0.5) is 0 Å². The second kappa shape index (κ2) is 7.91. The van der Waals surface area contributed by atoms with E-state index < -0.39 is 0 Å². The molecule has 98 valence electrons. The Kier molecular flexibility index (Phi) is 6.86. The number of hydrogen-bond donors (Lipinski definition) is 1. The van der Waals surface area contributed by atoms with Crippen molar-refractivity contribution in [3.63, 3.8) is 0 Å². The lowest BCUT2D eigenvalue weighted by atomic mass is 9.79. The average molecular weight is 302 g/mol. The second-order valence-electron chi connectivity index (χ2n) is 5.09. The molecule has 0 heterocycles. The summed E-state index contributed by atoms with van der Waals surface area (Å²) in [5, 5.41) is 2.92. The number of carbonyl (C=O) groups is 1. The minimum Gasteiger partial charge on any atom is -0.351 e. The molecule has 0 aromatic carbocycles. The normalized spacial score (nSPS) is 24.4. The van der Waals surface area contributed by atoms with Gasteiger partial charge in [-0.3, -0.25) is 4.79 Å². The third-order valence-corrected chi connectivity index (χ3v) is 3.92. The Morgan fingerprint density at radius 1 is 1.35 bits per heavy atom. The summed E-state index contributed by atoms with van der Waals surface area (Å²) in [5.41, 5.74) is 0. The van der Waals surface area contributed by atoms with Crippen LogP contribution in [0.5, 0.6) is 0 Å². The molecule has 0 aromatic heterocycles. The third kappa shape index (κ3) is 5.71. The monoisotopic (exact) mass is 301 g/mol. The minimum absolute atomic E-state index is 0.208. The molecular formula is C14H24BrNO. The molecule has 3 heteroatoms. The van der Waals surface area contributed by atoms with Gasteiger partial charge in [-0.1, -0.05) is 48.7 Å². The van der Waals surface area contributed by atoms with Gasteiger partial charge in [-0.05, 0) is 31.6 Å². The summed E-state index contributed by atoms with van der Waals surface area (Å²) < 4.78 is 0.836. The van der Waals surface area contributed by atoms with Gasteiger partial charge in [0.1, 0.15) is 0 Å². The van der Waals surface area contributed by atoms with Crippen LogP contribution >= 0.6 is 15.9 Å². The number of halogens is 1. The summed E-state index contributed by atoms with van der Waals surface area (Å²) in [6, 6.07) is 0. The van der Waals surface area contributed by atoms with Gasteiger partial charge in [-0.2, -0.15) is 0 Å². The molecule has 1 aliphatic rings. The molecule has 0 spiro atoms. The fraction of sp³-hybridized carbons (Fsp3) is 0.786. The van der Waals surface area contributed by atoms with E-state index >= 15 is 0 Å². The summed E-state index contributed by atoms with van der Waals surface area (Å²) in [7, 11) is 0. The number of unbranched alkanes of at least 4 members (excludes halogenated alkanes) is 1. The number of nitrogens with one attached hydrogen (secondary N) is 1. The molecule has 0 saturated heterocycles. The molecule has 0 aliphatic heterocycles. The standard InChI is InChI=1S/C14H24BrNO/c1-3-4-5-12-6-8-13(9-7-12)14(17)16-10-11(2)15/h12-13H,2-10H2,1H3,(H,16,17). The van der Waals surface area contributed by atoms with E-state index in [1.807, 2.05) is 0 Å². The van der Waals surface area contributed by atoms with E-state index in [1.165, 1.54) is 32.1 Å². The van der Waals surface area contributed by atoms with Crippen LogP contribution in [0.3, 0.4) is 0 Å². The number of hydrogen-bond acceptors (Lipinski definition) is 1. The maximum atomic E-state index is 11.9. The van der Waals surface area contributed by atoms with Crippen LogP contribution < -0.4 is 5.32 Å². The first-order valence-electron chi connectivity index (χ1n) is 6.74. The Balaban J connectivity index is 2.21. The van der Waals surface area contributed by atoms with Crippen molar-refractivity contribution in [2.75, 3.05) is 6.54 Å². The number of rotatable bonds is 6. The molecule has 0 unspecified atom stereocenters. The molecule has 1 rings (SSSR count). The van der Waals surface area contributed by atoms with Crippen molar-refractivity contribution < 1.29 is 4.79 Å². The molecule has 0 bridgehead atoms. The summed E-state index contributed by atoms with van der Waals surface area (Å²) >= 11 is 3.26. The van der Waals surface area contributed by atoms with Crippen LogP contribution in [-0.4, -0.2) is 12.5 Å². The first-order valence-corrected chi connectivity index (χ1v) is 7.53. The third-order valence-electron chi connectivity index (χ3n) is 3.64. The fourth-order valence-electron chi connectivity index (χ4n) is 2.53. The predicted octanol–water partition coefficient (Wildman–Crippen LogP) is 4.01. The van der Waals surface area contributed by atoms with Crippen molar-refractivity contribution >= 4 is 21.8 Å². The topological polar surface area (TPSA) is 29.1 Å². The van der Waals surface area contributed by atoms with Crippen molar-refractivity contribution in [3.05, 3.63) is 11.1 Å². The van der Waals surface area contributed by atoms with Crippen LogP contribution in [0.15, 0.2) is 11.1 Å². The number of carbonyl (C=O) groups excluding carboxylic acids is 1. The zero-order valence-electron chi connectivity index (χ0n) is 10.8. The predicted molar refractivity (Wildman–Crippen MR) is 76.0 cm³/mol. The Hall–Kier alpha value is -0.310. The van der Waals surface area contributed by atoms with E-state index in [1.54, 1.807) is 0 Å². The highest BCUT2D eigenvalue weighted by molar-refractivity contribution is 9.11. The highest BCUT2D eigenvalue weighted by Gasteiger charge is 2.25. The van der Waals surface area contributed by atoms with Gasteiger partial charge in [0.25, 0.3) is 0 Å². The Labute approximate surface area is 113 Å². The lowest BCUT2D eigenvalue weighted by Crippen LogP contribution is -2.33. The molecule has 1 fully saturated rings. The quantitative estimate of drug-likeness (QED) is 0.789. The summed E-state index contributed by atoms with van der Waals surface area (Å²) in [6.45, 7) is 6.51. The van der Waals surface area contributed by atoms with Crippen LogP contribution in [0.2, 0.25) is 0 Å². The summed E-state index contributed by atoms with van der Waals surface area (Å²) in [5.74, 6) is 1.31. The molecule has 0 radical (unpaired) electrons. The molecule has 17 heavy (non-hydrogen) atoms. The van der Waals surface area contributed by atoms with E-state index in [-0.39, 0.29) is 11.8 Å². The fourth-order valence-corrected chi connectivity index (χ4v) is 2.67. The summed E-state index contributed by atoms with van der Waals surface area (Å²) in [6.07, 6.45) is 8.56. The Bertz CT molecular complexity index is 257. The van der Waals surface area contributed by atoms with E-state index in [4.69, 9.17) is 0 Å². The van der Waals surface area contributed by atoms with Gasteiger partial charge < -0.3 is 5.32 Å². The smallest absolute Gasteiger partial charge is 0.223 e. The summed E-state index contributed by atoms with van der Waals surface area (Å²) in [4.78, 5) is 11.9. The zero-order valence-corrected chi connectivity index (χ0v) is 12.4. The molecule has 0 atom stereocenters. The largest absolute Gasteiger partial charge is 0.351 e. The van der Waals surface area contributed by atoms with Gasteiger partial charge in [0.05, 0.1) is 0 Å². The molecular weight excluding hydrogens is 278 g/mol. The molecule has 1 aliphatic carbocycles. The van der Waals surface area contributed by atoms with Crippen molar-refractivity contribution in [1.29, 1.82) is 0 Å². The van der Waals surface area contributed by atoms with Crippen LogP contribution in [0.1, 0.15) is 51.9 Å². The Morgan fingerprint density at radius 3 is 2.53 bits per heavy atom. The minimum atomic E-state index is 0.208. The van der Waals surface area contributed by atoms with Gasteiger partial charge in [0, 0.05) is 16.9 Å². The van der Waals surface area contributed by atoms with Crippen LogP contribution in [0, 0.1) is 11.8 Å². The lowest BCUT2D eigenvalue weighted by Gasteiger charge is -2.27. The maximum Gasteiger partial charge on any atom is 0.223 e. The van der Waals surface area contributed by atoms with Gasteiger partial charge in [0.15, 0.2) is 0 Å². The molecule has 1 amide bonds. The van der Waals surface area contributed by atoms with Gasteiger partial charge >= 0.3 is 0 Å². The van der Waals surface area contributed by atoms with Gasteiger partial charge in [0.2, 0.25) is 5.91 Å². The van der Waals surface area contributed by atoms with Crippen molar-refractivity contribution in [2.24, 2.45) is 11.8 Å². The Morgan fingerprint density at radius 2 is 2.00 bits per heavy atom. The van der Waals surface area contributed by atoms with Crippen molar-refractivity contribution in [2.45, 2.75) is 51.9 Å². The van der Waals surface area contributed by atoms with Crippen molar-refractivity contribution in [3.8, 4) is 0 Å². The van der Waals surface area contributed by atoms with Crippen LogP contribution in [-0.2, 0) is 4.79 Å². The highest BCUT2D eigenvalue weighted by atomic mass is 79.9. The lowest BCUT2D eigenvalue weighted by molar-refractivity contribution is -0.126. The van der Waals surface area contributed by atoms with E-state index in [0.717, 1.165) is 23.2 Å². The molecule has 1 saturated carbocycles. The van der Waals surface area contributed by atoms with E-state index in [2.05, 4.69) is 34.7 Å². The zero-order chi connectivity index (χ0) is 12.7. The molecule has 1 N–H and O–H groups in total. The van der Waals surface area contributed by atoms with Crippen LogP contribution in [0.25, 0.3) is 0 Å². The van der Waals surface area contributed by atoms with Gasteiger partial charge in [-0.25, -0.2) is 0 Å². The molecule has 2 nitrogen and oxygen atoms in total. The van der Waals surface area contributed by atoms with E-state index in [0.29, 0.717) is 6.54 Å².